The molecular formula is C4H2ClS. The quantitative estimate of drug-likeness (QED) is 0.489. The lowest BCUT2D eigenvalue weighted by molar-refractivity contribution is 2.01. The Kier molecular flexibility index (Phi) is 1.13. The topological polar surface area (TPSA) is 0 Å². The van der Waals surface area contributed by atoms with Gasteiger partial charge in [0.15, 0.2) is 0 Å². The molecule has 2 heteroatoms. The molecule has 0 nitrogen and oxygen atoms in total. The molecule has 0 unspecified atom stereocenters. The fourth-order valence-corrected chi connectivity index (χ4v) is 0.805. The van der Waals surface area contributed by atoms with Gasteiger partial charge in [-0.05, 0) is 12.1 Å². The summed E-state index contributed by atoms with van der Waals surface area (Å²) >= 11 is 6.86. The van der Waals surface area contributed by atoms with E-state index in [4.69, 9.17) is 11.6 Å². The molecule has 0 saturated heterocycles. The first-order valence-electron chi connectivity index (χ1n) is 1.51. The summed E-state index contributed by atoms with van der Waals surface area (Å²) in [7, 11) is 0. The van der Waals surface area contributed by atoms with Crippen LogP contribution in [0.4, 0.5) is 0 Å². The van der Waals surface area contributed by atoms with Crippen LogP contribution in [0.25, 0.3) is 0 Å². The summed E-state index contributed by atoms with van der Waals surface area (Å²) in [6.45, 7) is 0. The molecule has 6 heavy (non-hydrogen) atoms. The molecule has 0 saturated carbocycles. The average Bonchev–Trinajstić information content (AvgIpc) is 1.86. The Morgan fingerprint density at radius 1 is 1.83 bits per heavy atom. The molecular weight excluding hydrogens is 116 g/mol. The van der Waals surface area contributed by atoms with Gasteiger partial charge in [0, 0.05) is 5.38 Å². The van der Waals surface area contributed by atoms with Crippen LogP contribution in [0.15, 0.2) is 12.1 Å². The Morgan fingerprint density at radius 3 is 2.83 bits per heavy atom. The normalized spacial score (nSPS) is 8.83. The van der Waals surface area contributed by atoms with Crippen molar-refractivity contribution >= 4 is 22.9 Å². The van der Waals surface area contributed by atoms with E-state index in [2.05, 4.69) is 5.38 Å². The van der Waals surface area contributed by atoms with Gasteiger partial charge in [-0.2, -0.15) is 0 Å². The zero-order valence-electron chi connectivity index (χ0n) is 2.94. The van der Waals surface area contributed by atoms with Crippen molar-refractivity contribution in [1.29, 1.82) is 0 Å². The van der Waals surface area contributed by atoms with Crippen LogP contribution >= 0.6 is 22.9 Å². The minimum Gasteiger partial charge on any atom is -0.123 e. The van der Waals surface area contributed by atoms with E-state index in [1.165, 1.54) is 11.3 Å². The van der Waals surface area contributed by atoms with Crippen molar-refractivity contribution in [3.8, 4) is 0 Å². The maximum absolute atomic E-state index is 5.44. The van der Waals surface area contributed by atoms with Crippen LogP contribution in [0.2, 0.25) is 4.34 Å². The molecule has 1 rings (SSSR count). The standard InChI is InChI=1S/C4H2ClS/c5-4-2-1-3-6-4/h1-2H. The fourth-order valence-electron chi connectivity index (χ4n) is 0.224. The van der Waals surface area contributed by atoms with Crippen molar-refractivity contribution in [3.05, 3.63) is 21.8 Å². The van der Waals surface area contributed by atoms with E-state index in [0.717, 1.165) is 4.34 Å². The predicted molar refractivity (Wildman–Crippen MR) is 28.2 cm³/mol. The third-order valence-corrected chi connectivity index (χ3v) is 1.38. The van der Waals surface area contributed by atoms with E-state index >= 15 is 0 Å². The van der Waals surface area contributed by atoms with Crippen molar-refractivity contribution < 1.29 is 0 Å². The Balaban J connectivity index is 3.05. The van der Waals surface area contributed by atoms with E-state index < -0.39 is 0 Å². The zero-order valence-corrected chi connectivity index (χ0v) is 4.51. The minimum atomic E-state index is 0.801. The Hall–Kier alpha value is -0.0100. The number of halogens is 1. The molecule has 1 heterocycles. The van der Waals surface area contributed by atoms with E-state index in [-0.39, 0.29) is 0 Å². The lowest BCUT2D eigenvalue weighted by Gasteiger charge is -1.61. The molecule has 31 valence electrons. The molecule has 0 bridgehead atoms. The van der Waals surface area contributed by atoms with Crippen LogP contribution in [0.5, 0.6) is 0 Å². The van der Waals surface area contributed by atoms with Gasteiger partial charge in [0.2, 0.25) is 0 Å². The lowest BCUT2D eigenvalue weighted by atomic mass is 10.7. The van der Waals surface area contributed by atoms with Crippen LogP contribution in [-0.4, -0.2) is 0 Å². The highest BCUT2D eigenvalue weighted by molar-refractivity contribution is 7.13. The van der Waals surface area contributed by atoms with Gasteiger partial charge in [-0.1, -0.05) is 11.6 Å². The maximum Gasteiger partial charge on any atom is 0.0935 e. The van der Waals surface area contributed by atoms with E-state index in [0.29, 0.717) is 0 Å². The van der Waals surface area contributed by atoms with Crippen LogP contribution < -0.4 is 0 Å². The molecule has 0 fully saturated rings. The largest absolute Gasteiger partial charge is 0.123 e. The predicted octanol–water partition coefficient (Wildman–Crippen LogP) is 2.20. The maximum atomic E-state index is 5.44. The van der Waals surface area contributed by atoms with Crippen LogP contribution in [0.1, 0.15) is 0 Å². The van der Waals surface area contributed by atoms with Gasteiger partial charge in [-0.15, -0.1) is 11.3 Å². The fraction of sp³-hybridized carbons (Fsp3) is 0. The average molecular weight is 118 g/mol. The molecule has 0 amide bonds. The van der Waals surface area contributed by atoms with Crippen LogP contribution in [-0.2, 0) is 0 Å². The molecule has 0 atom stereocenters. The molecule has 0 aliphatic heterocycles. The zero-order chi connectivity index (χ0) is 4.41. The summed E-state index contributed by atoms with van der Waals surface area (Å²) in [5.41, 5.74) is 0. The van der Waals surface area contributed by atoms with Crippen molar-refractivity contribution in [2.45, 2.75) is 0 Å². The second-order valence-electron chi connectivity index (χ2n) is 0.857. The van der Waals surface area contributed by atoms with Gasteiger partial charge in [-0.3, -0.25) is 0 Å². The second-order valence-corrected chi connectivity index (χ2v) is 2.37. The van der Waals surface area contributed by atoms with E-state index in [1.807, 2.05) is 6.07 Å². The number of hydrogen-bond donors (Lipinski definition) is 0. The van der Waals surface area contributed by atoms with Crippen LogP contribution in [0.3, 0.4) is 0 Å². The third kappa shape index (κ3) is 0.730. The first-order chi connectivity index (χ1) is 2.89. The smallest absolute Gasteiger partial charge is 0.0935 e. The summed E-state index contributed by atoms with van der Waals surface area (Å²) in [5, 5.41) is 2.84. The first kappa shape index (κ1) is 4.16. The molecule has 0 spiro atoms. The minimum absolute atomic E-state index is 0.801. The molecule has 0 aromatic carbocycles. The van der Waals surface area contributed by atoms with Crippen LogP contribution in [0, 0.1) is 5.38 Å². The molecule has 1 radical (unpaired) electrons. The first-order valence-corrected chi connectivity index (χ1v) is 2.70. The molecule has 1 aromatic rings. The molecule has 1 aromatic heterocycles. The van der Waals surface area contributed by atoms with Gasteiger partial charge >= 0.3 is 0 Å². The van der Waals surface area contributed by atoms with Gasteiger partial charge in [-0.25, -0.2) is 0 Å². The van der Waals surface area contributed by atoms with Gasteiger partial charge < -0.3 is 0 Å². The summed E-state index contributed by atoms with van der Waals surface area (Å²) in [4.78, 5) is 0. The van der Waals surface area contributed by atoms with E-state index in [1.54, 1.807) is 6.07 Å². The lowest BCUT2D eigenvalue weighted by Crippen LogP contribution is -1.29. The summed E-state index contributed by atoms with van der Waals surface area (Å²) in [5.74, 6) is 0. The highest BCUT2D eigenvalue weighted by atomic mass is 35.5. The summed E-state index contributed by atoms with van der Waals surface area (Å²) < 4.78 is 0.801. The SMILES string of the molecule is Clc1cc[c]s1. The van der Waals surface area contributed by atoms with E-state index in [9.17, 15) is 0 Å². The highest BCUT2D eigenvalue weighted by Crippen LogP contribution is 2.12. The summed E-state index contributed by atoms with van der Waals surface area (Å²) in [6.07, 6.45) is 0. The Labute approximate surface area is 45.4 Å². The number of rotatable bonds is 0. The summed E-state index contributed by atoms with van der Waals surface area (Å²) in [6, 6.07) is 3.61. The molecule has 0 aliphatic carbocycles. The highest BCUT2D eigenvalue weighted by Gasteiger charge is 1.78. The Morgan fingerprint density at radius 2 is 2.67 bits per heavy atom. The van der Waals surface area contributed by atoms with Crippen molar-refractivity contribution in [3.63, 3.8) is 0 Å². The second kappa shape index (κ2) is 1.63. The Bertz CT molecular complexity index is 111. The van der Waals surface area contributed by atoms with Crippen molar-refractivity contribution in [2.24, 2.45) is 0 Å². The van der Waals surface area contributed by atoms with Crippen molar-refractivity contribution in [1.82, 2.24) is 0 Å². The number of hydrogen-bond acceptors (Lipinski definition) is 1. The molecule has 0 N–H and O–H groups in total. The number of thiophene rings is 1. The van der Waals surface area contributed by atoms with Gasteiger partial charge in [0.25, 0.3) is 0 Å². The van der Waals surface area contributed by atoms with Crippen molar-refractivity contribution in [2.75, 3.05) is 0 Å². The van der Waals surface area contributed by atoms with Gasteiger partial charge in [0.05, 0.1) is 4.34 Å². The molecule has 0 aliphatic rings. The third-order valence-electron chi connectivity index (χ3n) is 0.439. The van der Waals surface area contributed by atoms with Gasteiger partial charge in [0.1, 0.15) is 0 Å². The monoisotopic (exact) mass is 117 g/mol.